The zero-order valence-electron chi connectivity index (χ0n) is 12.2. The molecule has 114 valence electrons. The maximum absolute atomic E-state index is 11.7. The van der Waals surface area contributed by atoms with Crippen molar-refractivity contribution in [3.8, 4) is 16.9 Å². The summed E-state index contributed by atoms with van der Waals surface area (Å²) in [5.74, 6) is 0.300. The monoisotopic (exact) mass is 333 g/mol. The number of hydrogen-bond donors (Lipinski definition) is 0. The molecule has 3 aromatic rings. The van der Waals surface area contributed by atoms with Crippen LogP contribution in [0.25, 0.3) is 21.2 Å². The second-order valence-electron chi connectivity index (χ2n) is 5.02. The molecule has 6 heteroatoms. The van der Waals surface area contributed by atoms with E-state index >= 15 is 0 Å². The van der Waals surface area contributed by atoms with Gasteiger partial charge >= 0.3 is 10.3 Å². The lowest BCUT2D eigenvalue weighted by atomic mass is 10.0. The third-order valence-corrected chi connectivity index (χ3v) is 5.48. The summed E-state index contributed by atoms with van der Waals surface area (Å²) in [5.41, 5.74) is 2.11. The molecule has 0 aliphatic heterocycles. The smallest absolute Gasteiger partial charge is 0.371 e. The van der Waals surface area contributed by atoms with Gasteiger partial charge in [0.1, 0.15) is 5.75 Å². The fourth-order valence-electron chi connectivity index (χ4n) is 2.05. The van der Waals surface area contributed by atoms with Crippen LogP contribution in [0.4, 0.5) is 0 Å². The van der Waals surface area contributed by atoms with E-state index in [2.05, 4.69) is 29.6 Å². The van der Waals surface area contributed by atoms with Crippen molar-refractivity contribution >= 4 is 31.7 Å². The Balaban J connectivity index is 1.87. The molecular formula is C16H15NO3S2. The highest BCUT2D eigenvalue weighted by atomic mass is 32.2. The molecule has 0 atom stereocenters. The molecular weight excluding hydrogens is 318 g/mol. The molecule has 0 saturated heterocycles. The molecule has 0 bridgehead atoms. The molecule has 0 unspecified atom stereocenters. The van der Waals surface area contributed by atoms with Gasteiger partial charge in [-0.05, 0) is 52.2 Å². The SMILES string of the molecule is CN(C)S(=O)(=O)Oc1ccc(-c2ccc3sccc3c2)cc1. The highest BCUT2D eigenvalue weighted by Crippen LogP contribution is 2.28. The average Bonchev–Trinajstić information content (AvgIpc) is 2.95. The van der Waals surface area contributed by atoms with Crippen LogP contribution in [0.1, 0.15) is 0 Å². The van der Waals surface area contributed by atoms with Gasteiger partial charge in [0.05, 0.1) is 0 Å². The summed E-state index contributed by atoms with van der Waals surface area (Å²) in [4.78, 5) is 0. The maximum Gasteiger partial charge on any atom is 0.384 e. The molecule has 0 aliphatic carbocycles. The maximum atomic E-state index is 11.7. The minimum Gasteiger partial charge on any atom is -0.371 e. The third-order valence-electron chi connectivity index (χ3n) is 3.29. The Morgan fingerprint density at radius 3 is 2.32 bits per heavy atom. The summed E-state index contributed by atoms with van der Waals surface area (Å²) in [5, 5.41) is 3.27. The van der Waals surface area contributed by atoms with E-state index in [-0.39, 0.29) is 0 Å². The Bertz CT molecular complexity index is 897. The van der Waals surface area contributed by atoms with Gasteiger partial charge in [-0.2, -0.15) is 12.7 Å². The summed E-state index contributed by atoms with van der Waals surface area (Å²) in [6, 6.07) is 15.4. The Hall–Kier alpha value is -1.89. The largest absolute Gasteiger partial charge is 0.384 e. The Morgan fingerprint density at radius 2 is 1.64 bits per heavy atom. The molecule has 1 aromatic heterocycles. The fourth-order valence-corrected chi connectivity index (χ4v) is 3.32. The lowest BCUT2D eigenvalue weighted by Gasteiger charge is -2.12. The second kappa shape index (κ2) is 5.72. The number of rotatable bonds is 4. The normalized spacial score (nSPS) is 12.0. The second-order valence-corrected chi connectivity index (χ2v) is 7.72. The van der Waals surface area contributed by atoms with Crippen LogP contribution < -0.4 is 4.18 Å². The van der Waals surface area contributed by atoms with Crippen LogP contribution in [0.2, 0.25) is 0 Å². The van der Waals surface area contributed by atoms with Gasteiger partial charge < -0.3 is 4.18 Å². The van der Waals surface area contributed by atoms with Gasteiger partial charge in [0, 0.05) is 18.8 Å². The zero-order valence-corrected chi connectivity index (χ0v) is 13.8. The summed E-state index contributed by atoms with van der Waals surface area (Å²) >= 11 is 1.71. The van der Waals surface area contributed by atoms with Crippen LogP contribution in [0, 0.1) is 0 Å². The van der Waals surface area contributed by atoms with Gasteiger partial charge in [-0.3, -0.25) is 0 Å². The van der Waals surface area contributed by atoms with Crippen molar-refractivity contribution < 1.29 is 12.6 Å². The number of hydrogen-bond acceptors (Lipinski definition) is 4. The van der Waals surface area contributed by atoms with Crippen LogP contribution in [0.3, 0.4) is 0 Å². The van der Waals surface area contributed by atoms with Gasteiger partial charge in [-0.25, -0.2) is 0 Å². The average molecular weight is 333 g/mol. The summed E-state index contributed by atoms with van der Waals surface area (Å²) in [6.07, 6.45) is 0. The minimum absolute atomic E-state index is 0.300. The number of nitrogens with zero attached hydrogens (tertiary/aromatic N) is 1. The van der Waals surface area contributed by atoms with Crippen molar-refractivity contribution in [3.63, 3.8) is 0 Å². The van der Waals surface area contributed by atoms with Crippen molar-refractivity contribution in [2.45, 2.75) is 0 Å². The molecule has 0 N–H and O–H groups in total. The van der Waals surface area contributed by atoms with E-state index in [9.17, 15) is 8.42 Å². The van der Waals surface area contributed by atoms with Crippen molar-refractivity contribution in [1.82, 2.24) is 4.31 Å². The summed E-state index contributed by atoms with van der Waals surface area (Å²) in [7, 11) is -0.855. The standard InChI is InChI=1S/C16H15NO3S2/c1-17(2)22(18,19)20-15-6-3-12(4-7-15)13-5-8-16-14(11-13)9-10-21-16/h3-11H,1-2H3. The summed E-state index contributed by atoms with van der Waals surface area (Å²) < 4.78 is 30.6. The van der Waals surface area contributed by atoms with E-state index in [0.29, 0.717) is 5.75 Å². The van der Waals surface area contributed by atoms with Crippen molar-refractivity contribution in [1.29, 1.82) is 0 Å². The van der Waals surface area contributed by atoms with E-state index in [0.717, 1.165) is 15.4 Å². The molecule has 1 heterocycles. The third kappa shape index (κ3) is 2.99. The lowest BCUT2D eigenvalue weighted by Crippen LogP contribution is -2.26. The molecule has 0 aliphatic rings. The highest BCUT2D eigenvalue weighted by molar-refractivity contribution is 7.84. The summed E-state index contributed by atoms with van der Waals surface area (Å²) in [6.45, 7) is 0. The molecule has 3 rings (SSSR count). The highest BCUT2D eigenvalue weighted by Gasteiger charge is 2.15. The van der Waals surface area contributed by atoms with Crippen LogP contribution in [-0.4, -0.2) is 26.8 Å². The minimum atomic E-state index is -3.72. The van der Waals surface area contributed by atoms with Crippen molar-refractivity contribution in [3.05, 3.63) is 53.9 Å². The van der Waals surface area contributed by atoms with Gasteiger partial charge in [0.2, 0.25) is 0 Å². The zero-order chi connectivity index (χ0) is 15.7. The van der Waals surface area contributed by atoms with E-state index < -0.39 is 10.3 Å². The van der Waals surface area contributed by atoms with Gasteiger partial charge in [0.25, 0.3) is 0 Å². The van der Waals surface area contributed by atoms with E-state index in [1.165, 1.54) is 24.2 Å². The Labute approximate surface area is 133 Å². The molecule has 0 fully saturated rings. The first kappa shape index (κ1) is 15.0. The van der Waals surface area contributed by atoms with Crippen LogP contribution in [0.5, 0.6) is 5.75 Å². The van der Waals surface area contributed by atoms with E-state index in [1.807, 2.05) is 12.1 Å². The molecule has 0 saturated carbocycles. The van der Waals surface area contributed by atoms with E-state index in [1.54, 1.807) is 23.5 Å². The first-order valence-electron chi connectivity index (χ1n) is 6.65. The van der Waals surface area contributed by atoms with Crippen LogP contribution in [0.15, 0.2) is 53.9 Å². The fraction of sp³-hybridized carbons (Fsp3) is 0.125. The van der Waals surface area contributed by atoms with Crippen molar-refractivity contribution in [2.24, 2.45) is 0 Å². The molecule has 2 aromatic carbocycles. The quantitative estimate of drug-likeness (QED) is 0.730. The topological polar surface area (TPSA) is 46.6 Å². The number of thiophene rings is 1. The Morgan fingerprint density at radius 1 is 0.955 bits per heavy atom. The first-order chi connectivity index (χ1) is 10.5. The van der Waals surface area contributed by atoms with Crippen molar-refractivity contribution in [2.75, 3.05) is 14.1 Å². The first-order valence-corrected chi connectivity index (χ1v) is 8.90. The van der Waals surface area contributed by atoms with Crippen LogP contribution >= 0.6 is 11.3 Å². The lowest BCUT2D eigenvalue weighted by molar-refractivity contribution is 0.421. The van der Waals surface area contributed by atoms with Gasteiger partial charge in [0.15, 0.2) is 0 Å². The molecule has 0 spiro atoms. The van der Waals surface area contributed by atoms with E-state index in [4.69, 9.17) is 4.18 Å². The van der Waals surface area contributed by atoms with Gasteiger partial charge in [-0.1, -0.05) is 18.2 Å². The van der Waals surface area contributed by atoms with Crippen LogP contribution in [-0.2, 0) is 10.3 Å². The number of fused-ring (bicyclic) bond motifs is 1. The predicted molar refractivity (Wildman–Crippen MR) is 90.5 cm³/mol. The molecule has 22 heavy (non-hydrogen) atoms. The predicted octanol–water partition coefficient (Wildman–Crippen LogP) is 3.75. The molecule has 0 amide bonds. The Kier molecular flexibility index (Phi) is 3.90. The molecule has 0 radical (unpaired) electrons. The molecule has 4 nitrogen and oxygen atoms in total. The van der Waals surface area contributed by atoms with Gasteiger partial charge in [-0.15, -0.1) is 11.3 Å². The number of benzene rings is 2.